The standard InChI is InChI=1S/C39H36FN5O5S.ClH/c1-26-10-20-32(21-11-26)51(49,50)43-30-16-12-28(13-17-30)25-44-35-8-4-5-9-36(35)45(31-18-14-27(23-41)15-19-31)39(48)33(38(44)47)22-37(46)42-24-29-6-2-3-7-34(29)40;/h2-21,33,43H,22-25,41H2,1H3,(H,42,46);1H. The van der Waals surface area contributed by atoms with E-state index >= 15 is 0 Å². The maximum atomic E-state index is 14.4. The molecule has 0 bridgehead atoms. The van der Waals surface area contributed by atoms with Crippen LogP contribution in [0.3, 0.4) is 0 Å². The van der Waals surface area contributed by atoms with Gasteiger partial charge in [0.15, 0.2) is 0 Å². The van der Waals surface area contributed by atoms with Crippen LogP contribution in [0.2, 0.25) is 0 Å². The Morgan fingerprint density at radius 2 is 1.40 bits per heavy atom. The van der Waals surface area contributed by atoms with Crippen LogP contribution in [-0.2, 0) is 44.0 Å². The fraction of sp³-hybridized carbons (Fsp3) is 0.154. The van der Waals surface area contributed by atoms with Gasteiger partial charge in [0.05, 0.1) is 22.8 Å². The number of hydrogen-bond acceptors (Lipinski definition) is 6. The van der Waals surface area contributed by atoms with Crippen LogP contribution >= 0.6 is 12.4 Å². The quantitative estimate of drug-likeness (QED) is 0.135. The Kier molecular flexibility index (Phi) is 11.7. The van der Waals surface area contributed by atoms with Crippen molar-refractivity contribution < 1.29 is 27.2 Å². The summed E-state index contributed by atoms with van der Waals surface area (Å²) in [7, 11) is -3.83. The normalized spacial score (nSPS) is 14.2. The molecule has 5 aromatic rings. The highest BCUT2D eigenvalue weighted by molar-refractivity contribution is 7.92. The largest absolute Gasteiger partial charge is 0.352 e. The van der Waals surface area contributed by atoms with Gasteiger partial charge >= 0.3 is 0 Å². The van der Waals surface area contributed by atoms with Crippen molar-refractivity contribution in [3.63, 3.8) is 0 Å². The van der Waals surface area contributed by atoms with Gasteiger partial charge < -0.3 is 16.0 Å². The number of amides is 3. The van der Waals surface area contributed by atoms with E-state index in [1.807, 2.05) is 6.92 Å². The van der Waals surface area contributed by atoms with Crippen LogP contribution in [0.25, 0.3) is 0 Å². The third kappa shape index (κ3) is 8.31. The number of carbonyl (C=O) groups is 3. The van der Waals surface area contributed by atoms with Crippen LogP contribution in [0.1, 0.15) is 28.7 Å². The number of aryl methyl sites for hydroxylation is 1. The summed E-state index contributed by atoms with van der Waals surface area (Å²) in [5.74, 6) is -3.70. The Morgan fingerprint density at radius 3 is 2.06 bits per heavy atom. The van der Waals surface area contributed by atoms with Crippen molar-refractivity contribution in [3.05, 3.63) is 149 Å². The second-order valence-corrected chi connectivity index (χ2v) is 13.9. The zero-order valence-corrected chi connectivity index (χ0v) is 29.8. The van der Waals surface area contributed by atoms with Crippen LogP contribution < -0.4 is 25.6 Å². The van der Waals surface area contributed by atoms with Gasteiger partial charge in [-0.2, -0.15) is 0 Å². The van der Waals surface area contributed by atoms with E-state index in [1.54, 1.807) is 103 Å². The van der Waals surface area contributed by atoms with Crippen molar-refractivity contribution >= 4 is 62.9 Å². The fourth-order valence-electron chi connectivity index (χ4n) is 5.84. The number of nitrogens with zero attached hydrogens (tertiary/aromatic N) is 2. The molecule has 3 amide bonds. The minimum Gasteiger partial charge on any atom is -0.352 e. The Balaban J connectivity index is 0.00000523. The molecule has 52 heavy (non-hydrogen) atoms. The molecular formula is C39H37ClFN5O5S. The molecule has 0 saturated carbocycles. The van der Waals surface area contributed by atoms with Gasteiger partial charge in [-0.15, -0.1) is 12.4 Å². The van der Waals surface area contributed by atoms with E-state index in [2.05, 4.69) is 10.0 Å². The molecule has 1 aliphatic rings. The first-order valence-corrected chi connectivity index (χ1v) is 17.7. The predicted octanol–water partition coefficient (Wildman–Crippen LogP) is 6.35. The number of carbonyl (C=O) groups excluding carboxylic acids is 3. The van der Waals surface area contributed by atoms with E-state index in [-0.39, 0.29) is 36.0 Å². The average Bonchev–Trinajstić information content (AvgIpc) is 3.21. The lowest BCUT2D eigenvalue weighted by molar-refractivity contribution is -0.136. The first-order chi connectivity index (χ1) is 24.5. The lowest BCUT2D eigenvalue weighted by Crippen LogP contribution is -2.43. The number of sulfonamides is 1. The van der Waals surface area contributed by atoms with Gasteiger partial charge in [-0.3, -0.25) is 24.0 Å². The van der Waals surface area contributed by atoms with Crippen molar-refractivity contribution in [3.8, 4) is 0 Å². The Labute approximate surface area is 307 Å². The monoisotopic (exact) mass is 741 g/mol. The third-order valence-electron chi connectivity index (χ3n) is 8.63. The molecular weight excluding hydrogens is 705 g/mol. The molecule has 6 rings (SSSR count). The minimum absolute atomic E-state index is 0. The van der Waals surface area contributed by atoms with Gasteiger partial charge in [-0.1, -0.05) is 72.3 Å². The molecule has 0 radical (unpaired) electrons. The van der Waals surface area contributed by atoms with Crippen molar-refractivity contribution in [1.29, 1.82) is 0 Å². The lowest BCUT2D eigenvalue weighted by atomic mass is 10.0. The second-order valence-electron chi connectivity index (χ2n) is 12.2. The number of hydrogen-bond donors (Lipinski definition) is 3. The van der Waals surface area contributed by atoms with Crippen molar-refractivity contribution in [2.45, 2.75) is 37.9 Å². The summed E-state index contributed by atoms with van der Waals surface area (Å²) in [6, 6.07) is 33.1. The van der Waals surface area contributed by atoms with E-state index in [4.69, 9.17) is 5.73 Å². The Morgan fingerprint density at radius 1 is 0.788 bits per heavy atom. The molecule has 0 aromatic heterocycles. The molecule has 1 aliphatic heterocycles. The van der Waals surface area contributed by atoms with Gasteiger partial charge in [0.25, 0.3) is 10.0 Å². The van der Waals surface area contributed by atoms with Crippen molar-refractivity contribution in [1.82, 2.24) is 5.32 Å². The van der Waals surface area contributed by atoms with Gasteiger partial charge in [-0.25, -0.2) is 12.8 Å². The number of rotatable bonds is 11. The van der Waals surface area contributed by atoms with E-state index in [0.29, 0.717) is 34.9 Å². The highest BCUT2D eigenvalue weighted by Gasteiger charge is 2.42. The highest BCUT2D eigenvalue weighted by Crippen LogP contribution is 2.40. The topological polar surface area (TPSA) is 142 Å². The Bertz CT molecular complexity index is 2180. The summed E-state index contributed by atoms with van der Waals surface area (Å²) in [5.41, 5.74) is 10.2. The van der Waals surface area contributed by atoms with E-state index in [9.17, 15) is 27.2 Å². The molecule has 1 heterocycles. The van der Waals surface area contributed by atoms with Crippen molar-refractivity contribution in [2.24, 2.45) is 11.7 Å². The maximum absolute atomic E-state index is 14.4. The van der Waals surface area contributed by atoms with Gasteiger partial charge in [-0.05, 0) is 72.6 Å². The van der Waals surface area contributed by atoms with Crippen LogP contribution in [0.4, 0.5) is 27.1 Å². The molecule has 13 heteroatoms. The van der Waals surface area contributed by atoms with Crippen LogP contribution in [-0.4, -0.2) is 26.1 Å². The molecule has 0 spiro atoms. The molecule has 1 atom stereocenters. The molecule has 0 aliphatic carbocycles. The van der Waals surface area contributed by atoms with Crippen LogP contribution in [0, 0.1) is 18.7 Å². The minimum atomic E-state index is -3.83. The molecule has 1 unspecified atom stereocenters. The average molecular weight is 742 g/mol. The van der Waals surface area contributed by atoms with Gasteiger partial charge in [0.2, 0.25) is 17.7 Å². The SMILES string of the molecule is Cc1ccc(S(=O)(=O)Nc2ccc(CN3C(=O)C(CC(=O)NCc4ccccc4F)C(=O)N(c4ccc(CN)cc4)c4ccccc43)cc2)cc1.Cl. The molecule has 5 aromatic carbocycles. The van der Waals surface area contributed by atoms with Gasteiger partial charge in [0, 0.05) is 36.4 Å². The zero-order valence-electron chi connectivity index (χ0n) is 28.2. The molecule has 10 nitrogen and oxygen atoms in total. The number of halogens is 2. The molecule has 0 fully saturated rings. The first-order valence-electron chi connectivity index (χ1n) is 16.3. The highest BCUT2D eigenvalue weighted by atomic mass is 35.5. The number of nitrogens with one attached hydrogen (secondary N) is 2. The number of para-hydroxylation sites is 2. The van der Waals surface area contributed by atoms with Crippen molar-refractivity contribution in [2.75, 3.05) is 14.5 Å². The van der Waals surface area contributed by atoms with E-state index in [1.165, 1.54) is 28.0 Å². The predicted molar refractivity (Wildman–Crippen MR) is 201 cm³/mol. The van der Waals surface area contributed by atoms with E-state index < -0.39 is 45.9 Å². The fourth-order valence-corrected chi connectivity index (χ4v) is 6.90. The second kappa shape index (κ2) is 16.2. The number of nitrogens with two attached hydrogens (primary N) is 1. The third-order valence-corrected chi connectivity index (χ3v) is 10.0. The molecule has 0 saturated heterocycles. The molecule has 4 N–H and O–H groups in total. The summed E-state index contributed by atoms with van der Waals surface area (Å²) in [6.07, 6.45) is -0.478. The smallest absolute Gasteiger partial charge is 0.261 e. The number of benzene rings is 5. The lowest BCUT2D eigenvalue weighted by Gasteiger charge is -2.26. The van der Waals surface area contributed by atoms with E-state index in [0.717, 1.165) is 11.1 Å². The summed E-state index contributed by atoms with van der Waals surface area (Å²) in [4.78, 5) is 45.1. The van der Waals surface area contributed by atoms with Gasteiger partial charge in [0.1, 0.15) is 11.7 Å². The summed E-state index contributed by atoms with van der Waals surface area (Å²) in [6.45, 7) is 2.07. The number of anilines is 4. The maximum Gasteiger partial charge on any atom is 0.261 e. The summed E-state index contributed by atoms with van der Waals surface area (Å²) < 4.78 is 42.8. The van der Waals surface area contributed by atoms with Crippen LogP contribution in [0.5, 0.6) is 0 Å². The summed E-state index contributed by atoms with van der Waals surface area (Å²) >= 11 is 0. The van der Waals surface area contributed by atoms with Crippen LogP contribution in [0.15, 0.2) is 126 Å². The number of fused-ring (bicyclic) bond motifs is 1. The Hall–Kier alpha value is -5.56. The zero-order chi connectivity index (χ0) is 36.1. The molecule has 268 valence electrons. The summed E-state index contributed by atoms with van der Waals surface area (Å²) in [5, 5.41) is 2.65. The first kappa shape index (κ1) is 37.7.